The van der Waals surface area contributed by atoms with Crippen molar-refractivity contribution in [2.45, 2.75) is 39.3 Å². The van der Waals surface area contributed by atoms with Crippen molar-refractivity contribution in [1.29, 1.82) is 0 Å². The third-order valence-corrected chi connectivity index (χ3v) is 3.05. The summed E-state index contributed by atoms with van der Waals surface area (Å²) in [5.74, 6) is 1.90. The van der Waals surface area contributed by atoms with Crippen molar-refractivity contribution in [2.24, 2.45) is 4.99 Å². The molecule has 0 aromatic heterocycles. The van der Waals surface area contributed by atoms with Crippen LogP contribution >= 0.6 is 24.0 Å². The zero-order chi connectivity index (χ0) is 17.5. The Labute approximate surface area is 162 Å². The molecule has 1 unspecified atom stereocenters. The molecule has 24 heavy (non-hydrogen) atoms. The summed E-state index contributed by atoms with van der Waals surface area (Å²) in [6, 6.07) is 5.36. The van der Waals surface area contributed by atoms with Gasteiger partial charge in [-0.2, -0.15) is 0 Å². The first-order chi connectivity index (χ1) is 10.8. The van der Waals surface area contributed by atoms with E-state index in [4.69, 9.17) is 9.47 Å². The number of nitrogens with one attached hydrogen (secondary N) is 2. The van der Waals surface area contributed by atoms with Gasteiger partial charge in [0.25, 0.3) is 0 Å². The van der Waals surface area contributed by atoms with Crippen molar-refractivity contribution in [3.63, 3.8) is 0 Å². The van der Waals surface area contributed by atoms with E-state index < -0.39 is 6.10 Å². The van der Waals surface area contributed by atoms with Gasteiger partial charge >= 0.3 is 0 Å². The number of ether oxygens (including phenoxy) is 2. The van der Waals surface area contributed by atoms with Crippen LogP contribution in [0.3, 0.4) is 0 Å². The number of aliphatic hydroxyl groups excluding tert-OH is 1. The third-order valence-electron chi connectivity index (χ3n) is 3.05. The molecule has 7 heteroatoms. The van der Waals surface area contributed by atoms with E-state index in [-0.39, 0.29) is 36.1 Å². The van der Waals surface area contributed by atoms with Crippen molar-refractivity contribution in [1.82, 2.24) is 10.6 Å². The molecule has 1 rings (SSSR count). The van der Waals surface area contributed by atoms with Crippen LogP contribution in [0.5, 0.6) is 11.5 Å². The molecule has 138 valence electrons. The van der Waals surface area contributed by atoms with Gasteiger partial charge in [-0.05, 0) is 45.4 Å². The van der Waals surface area contributed by atoms with Gasteiger partial charge in [0.05, 0.1) is 26.9 Å². The Balaban J connectivity index is 0.00000529. The van der Waals surface area contributed by atoms with Crippen LogP contribution in [0, 0.1) is 0 Å². The minimum atomic E-state index is -0.717. The first kappa shape index (κ1) is 22.8. The number of nitrogens with zero attached hydrogens (tertiary/aromatic N) is 1. The monoisotopic (exact) mass is 451 g/mol. The highest BCUT2D eigenvalue weighted by Gasteiger charge is 2.14. The second-order valence-corrected chi connectivity index (χ2v) is 6.22. The van der Waals surface area contributed by atoms with Gasteiger partial charge in [0.2, 0.25) is 0 Å². The fraction of sp³-hybridized carbons (Fsp3) is 0.588. The van der Waals surface area contributed by atoms with Crippen LogP contribution < -0.4 is 20.1 Å². The van der Waals surface area contributed by atoms with Gasteiger partial charge in [-0.3, -0.25) is 4.99 Å². The van der Waals surface area contributed by atoms with Gasteiger partial charge in [-0.15, -0.1) is 24.0 Å². The molecule has 1 atom stereocenters. The van der Waals surface area contributed by atoms with Crippen molar-refractivity contribution < 1.29 is 14.6 Å². The zero-order valence-corrected chi connectivity index (χ0v) is 17.7. The molecule has 0 spiro atoms. The molecular formula is C17H30IN3O3. The summed E-state index contributed by atoms with van der Waals surface area (Å²) in [6.45, 7) is 9.19. The highest BCUT2D eigenvalue weighted by Crippen LogP contribution is 2.30. The van der Waals surface area contributed by atoms with Crippen LogP contribution in [0.25, 0.3) is 0 Å². The molecule has 0 bridgehead atoms. The number of aliphatic hydroxyl groups is 1. The molecule has 1 aromatic carbocycles. The smallest absolute Gasteiger partial charge is 0.191 e. The molecule has 0 saturated carbocycles. The summed E-state index contributed by atoms with van der Waals surface area (Å²) < 4.78 is 10.5. The molecule has 0 aliphatic rings. The van der Waals surface area contributed by atoms with Crippen LogP contribution in [0.2, 0.25) is 0 Å². The molecule has 0 amide bonds. The Hall–Kier alpha value is -1.22. The van der Waals surface area contributed by atoms with Crippen molar-refractivity contribution in [3.8, 4) is 11.5 Å². The number of halogens is 1. The molecule has 0 radical (unpaired) electrons. The first-order valence-corrected chi connectivity index (χ1v) is 7.77. The van der Waals surface area contributed by atoms with E-state index in [1.165, 1.54) is 0 Å². The number of hydrogen-bond acceptors (Lipinski definition) is 4. The second-order valence-electron chi connectivity index (χ2n) is 6.22. The number of aliphatic imine (C=N–C) groups is 1. The van der Waals surface area contributed by atoms with Gasteiger partial charge in [-0.1, -0.05) is 6.07 Å². The van der Waals surface area contributed by atoms with Crippen molar-refractivity contribution >= 4 is 29.9 Å². The van der Waals surface area contributed by atoms with E-state index in [0.29, 0.717) is 17.5 Å². The van der Waals surface area contributed by atoms with Crippen molar-refractivity contribution in [3.05, 3.63) is 23.8 Å². The Morgan fingerprint density at radius 2 is 1.83 bits per heavy atom. The van der Waals surface area contributed by atoms with E-state index in [2.05, 4.69) is 36.4 Å². The fourth-order valence-corrected chi connectivity index (χ4v) is 2.01. The maximum Gasteiger partial charge on any atom is 0.191 e. The molecule has 3 N–H and O–H groups in total. The van der Waals surface area contributed by atoms with Gasteiger partial charge in [-0.25, -0.2) is 0 Å². The summed E-state index contributed by atoms with van der Waals surface area (Å²) in [6.07, 6.45) is -0.717. The lowest BCUT2D eigenvalue weighted by Gasteiger charge is -2.24. The molecule has 6 nitrogen and oxygen atoms in total. The molecule has 0 heterocycles. The largest absolute Gasteiger partial charge is 0.493 e. The molecule has 0 aliphatic heterocycles. The Morgan fingerprint density at radius 1 is 1.21 bits per heavy atom. The third kappa shape index (κ3) is 7.57. The van der Waals surface area contributed by atoms with Crippen molar-refractivity contribution in [2.75, 3.05) is 27.3 Å². The van der Waals surface area contributed by atoms with Crippen LogP contribution in [0.4, 0.5) is 0 Å². The predicted octanol–water partition coefficient (Wildman–Crippen LogP) is 2.71. The molecule has 1 aromatic rings. The number of rotatable bonds is 6. The Kier molecular flexibility index (Phi) is 10.1. The average Bonchev–Trinajstić information content (AvgIpc) is 2.50. The number of methoxy groups -OCH3 is 2. The summed E-state index contributed by atoms with van der Waals surface area (Å²) in [7, 11) is 3.15. The molecular weight excluding hydrogens is 421 g/mol. The standard InChI is InChI=1S/C17H29N3O3.HI/c1-7-18-16(20-17(2,3)4)19-11-13(21)12-8-9-14(22-5)15(10-12)23-6;/h8-10,13,21H,7,11H2,1-6H3,(H2,18,19,20);1H. The second kappa shape index (κ2) is 10.6. The van der Waals surface area contributed by atoms with E-state index in [1.54, 1.807) is 26.4 Å². The maximum absolute atomic E-state index is 10.4. The van der Waals surface area contributed by atoms with Crippen LogP contribution in [-0.4, -0.2) is 43.9 Å². The van der Waals surface area contributed by atoms with E-state index in [9.17, 15) is 5.11 Å². The normalized spacial score (nSPS) is 12.9. The SMILES string of the molecule is CCNC(=NCC(O)c1ccc(OC)c(OC)c1)NC(C)(C)C.I. The highest BCUT2D eigenvalue weighted by atomic mass is 127. The lowest BCUT2D eigenvalue weighted by Crippen LogP contribution is -2.47. The van der Waals surface area contributed by atoms with Crippen LogP contribution in [0.1, 0.15) is 39.4 Å². The lowest BCUT2D eigenvalue weighted by atomic mass is 10.1. The number of guanidine groups is 1. The van der Waals surface area contributed by atoms with E-state index in [0.717, 1.165) is 12.1 Å². The van der Waals surface area contributed by atoms with Gasteiger partial charge < -0.3 is 25.2 Å². The van der Waals surface area contributed by atoms with E-state index >= 15 is 0 Å². The Morgan fingerprint density at radius 3 is 2.33 bits per heavy atom. The Bertz CT molecular complexity index is 530. The summed E-state index contributed by atoms with van der Waals surface area (Å²) >= 11 is 0. The predicted molar refractivity (Wildman–Crippen MR) is 109 cm³/mol. The molecule has 0 aliphatic carbocycles. The van der Waals surface area contributed by atoms with Crippen LogP contribution in [0.15, 0.2) is 23.2 Å². The van der Waals surface area contributed by atoms with Gasteiger partial charge in [0.1, 0.15) is 0 Å². The van der Waals surface area contributed by atoms with Crippen LogP contribution in [-0.2, 0) is 0 Å². The van der Waals surface area contributed by atoms with E-state index in [1.807, 2.05) is 13.0 Å². The summed E-state index contributed by atoms with van der Waals surface area (Å²) in [5.41, 5.74) is 0.632. The minimum Gasteiger partial charge on any atom is -0.493 e. The quantitative estimate of drug-likeness (QED) is 0.353. The average molecular weight is 451 g/mol. The molecule has 0 saturated heterocycles. The lowest BCUT2D eigenvalue weighted by molar-refractivity contribution is 0.186. The topological polar surface area (TPSA) is 75.1 Å². The highest BCUT2D eigenvalue weighted by molar-refractivity contribution is 14.0. The number of hydrogen-bond donors (Lipinski definition) is 3. The zero-order valence-electron chi connectivity index (χ0n) is 15.3. The first-order valence-electron chi connectivity index (χ1n) is 7.77. The summed E-state index contributed by atoms with van der Waals surface area (Å²) in [4.78, 5) is 4.45. The van der Waals surface area contributed by atoms with Gasteiger partial charge in [0, 0.05) is 12.1 Å². The summed E-state index contributed by atoms with van der Waals surface area (Å²) in [5, 5.41) is 16.8. The molecule has 0 fully saturated rings. The number of benzene rings is 1. The van der Waals surface area contributed by atoms with Gasteiger partial charge in [0.15, 0.2) is 17.5 Å². The minimum absolute atomic E-state index is 0. The fourth-order valence-electron chi connectivity index (χ4n) is 2.01. The maximum atomic E-state index is 10.4.